The normalized spacial score (nSPS) is 14.6. The lowest BCUT2D eigenvalue weighted by Gasteiger charge is -2.18. The van der Waals surface area contributed by atoms with Crippen LogP contribution in [0.5, 0.6) is 0 Å². The number of carbonyl (C=O) groups is 2. The number of amides is 3. The highest BCUT2D eigenvalue weighted by molar-refractivity contribution is 8.15. The van der Waals surface area contributed by atoms with Gasteiger partial charge in [0, 0.05) is 17.1 Å². The number of aromatic nitrogens is 4. The summed E-state index contributed by atoms with van der Waals surface area (Å²) in [6, 6.07) is 16.2. The SMILES string of the molecule is O=C(/N=C1\SCC(=O)N1c1cccc2ncccc12)Nc1ccc(-c2ncn(-c3ccc(C(F)(F)F)cc3)n2)cc1F. The summed E-state index contributed by atoms with van der Waals surface area (Å²) < 4.78 is 54.7. The van der Waals surface area contributed by atoms with Gasteiger partial charge in [-0.2, -0.15) is 18.2 Å². The predicted octanol–water partition coefficient (Wildman–Crippen LogP) is 6.31. The quantitative estimate of drug-likeness (QED) is 0.246. The van der Waals surface area contributed by atoms with Crippen LogP contribution in [0.3, 0.4) is 0 Å². The average Bonchev–Trinajstić information content (AvgIpc) is 3.61. The van der Waals surface area contributed by atoms with Gasteiger partial charge in [-0.15, -0.1) is 5.10 Å². The Balaban J connectivity index is 1.19. The summed E-state index contributed by atoms with van der Waals surface area (Å²) in [6.45, 7) is 0. The maximum absolute atomic E-state index is 15.0. The smallest absolute Gasteiger partial charge is 0.303 e. The largest absolute Gasteiger partial charge is 0.416 e. The van der Waals surface area contributed by atoms with Crippen molar-refractivity contribution in [2.24, 2.45) is 4.99 Å². The predicted molar refractivity (Wildman–Crippen MR) is 150 cm³/mol. The minimum Gasteiger partial charge on any atom is -0.303 e. The number of thioether (sulfide) groups is 1. The Morgan fingerprint density at radius 2 is 1.81 bits per heavy atom. The van der Waals surface area contributed by atoms with E-state index >= 15 is 0 Å². The number of anilines is 2. The first-order valence-corrected chi connectivity index (χ1v) is 13.2. The number of rotatable bonds is 4. The highest BCUT2D eigenvalue weighted by Crippen LogP contribution is 2.33. The zero-order chi connectivity index (χ0) is 29.4. The van der Waals surface area contributed by atoms with Gasteiger partial charge in [-0.3, -0.25) is 14.7 Å². The molecule has 3 aromatic carbocycles. The molecule has 1 N–H and O–H groups in total. The van der Waals surface area contributed by atoms with E-state index in [-0.39, 0.29) is 33.9 Å². The number of urea groups is 1. The van der Waals surface area contributed by atoms with Gasteiger partial charge in [-0.1, -0.05) is 17.8 Å². The zero-order valence-corrected chi connectivity index (χ0v) is 22.0. The number of benzene rings is 3. The summed E-state index contributed by atoms with van der Waals surface area (Å²) in [5.41, 5.74) is 0.848. The van der Waals surface area contributed by atoms with Crippen LogP contribution in [-0.4, -0.2) is 42.6 Å². The number of alkyl halides is 3. The molecule has 42 heavy (non-hydrogen) atoms. The van der Waals surface area contributed by atoms with Crippen molar-refractivity contribution in [2.75, 3.05) is 16.0 Å². The molecule has 1 saturated heterocycles. The molecule has 0 radical (unpaired) electrons. The first-order chi connectivity index (χ1) is 20.2. The van der Waals surface area contributed by atoms with Gasteiger partial charge in [0.05, 0.1) is 33.9 Å². The number of fused-ring (bicyclic) bond motifs is 1. The number of nitrogens with one attached hydrogen (secondary N) is 1. The van der Waals surface area contributed by atoms with Gasteiger partial charge in [-0.05, 0) is 66.7 Å². The number of nitrogens with zero attached hydrogens (tertiary/aromatic N) is 6. The van der Waals surface area contributed by atoms with Crippen molar-refractivity contribution < 1.29 is 27.2 Å². The molecule has 1 fully saturated rings. The monoisotopic (exact) mass is 591 g/mol. The molecule has 0 atom stereocenters. The van der Waals surface area contributed by atoms with E-state index in [2.05, 4.69) is 25.4 Å². The molecule has 1 aliphatic heterocycles. The molecule has 3 heterocycles. The van der Waals surface area contributed by atoms with Gasteiger partial charge < -0.3 is 5.32 Å². The molecule has 6 rings (SSSR count). The zero-order valence-electron chi connectivity index (χ0n) is 21.2. The second-order valence-electron chi connectivity index (χ2n) is 8.94. The second kappa shape index (κ2) is 10.7. The fourth-order valence-electron chi connectivity index (χ4n) is 4.27. The van der Waals surface area contributed by atoms with Crippen LogP contribution < -0.4 is 10.2 Å². The molecule has 0 saturated carbocycles. The highest BCUT2D eigenvalue weighted by Gasteiger charge is 2.32. The first-order valence-electron chi connectivity index (χ1n) is 12.3. The van der Waals surface area contributed by atoms with Crippen molar-refractivity contribution in [1.82, 2.24) is 19.7 Å². The van der Waals surface area contributed by atoms with Gasteiger partial charge in [0.15, 0.2) is 11.0 Å². The molecular weight excluding hydrogens is 574 g/mol. The number of amidine groups is 1. The molecule has 0 unspecified atom stereocenters. The Kier molecular flexibility index (Phi) is 6.90. The number of aliphatic imine (C=N–C) groups is 1. The van der Waals surface area contributed by atoms with E-state index < -0.39 is 23.6 Å². The lowest BCUT2D eigenvalue weighted by Crippen LogP contribution is -2.30. The molecule has 5 aromatic rings. The summed E-state index contributed by atoms with van der Waals surface area (Å²) in [6.07, 6.45) is -1.54. The Hall–Kier alpha value is -5.11. The van der Waals surface area contributed by atoms with Crippen LogP contribution in [0.4, 0.5) is 33.7 Å². The lowest BCUT2D eigenvalue weighted by molar-refractivity contribution is -0.137. The first kappa shape index (κ1) is 27.1. The highest BCUT2D eigenvalue weighted by atomic mass is 32.2. The molecule has 3 amide bonds. The van der Waals surface area contributed by atoms with E-state index in [0.717, 1.165) is 30.0 Å². The third-order valence-electron chi connectivity index (χ3n) is 6.25. The maximum atomic E-state index is 15.0. The third kappa shape index (κ3) is 5.31. The van der Waals surface area contributed by atoms with Crippen LogP contribution in [-0.2, 0) is 11.0 Å². The summed E-state index contributed by atoms with van der Waals surface area (Å²) >= 11 is 1.08. The molecule has 0 aliphatic carbocycles. The van der Waals surface area contributed by atoms with Crippen molar-refractivity contribution in [1.29, 1.82) is 0 Å². The summed E-state index contributed by atoms with van der Waals surface area (Å²) in [4.78, 5) is 39.2. The van der Waals surface area contributed by atoms with Crippen LogP contribution in [0.15, 0.2) is 90.3 Å². The van der Waals surface area contributed by atoms with Crippen molar-refractivity contribution in [2.45, 2.75) is 6.18 Å². The molecule has 210 valence electrons. The maximum Gasteiger partial charge on any atom is 0.416 e. The van der Waals surface area contributed by atoms with E-state index in [9.17, 15) is 27.2 Å². The van der Waals surface area contributed by atoms with Crippen LogP contribution >= 0.6 is 11.8 Å². The van der Waals surface area contributed by atoms with Crippen LogP contribution in [0.25, 0.3) is 28.0 Å². The molecule has 0 bridgehead atoms. The van der Waals surface area contributed by atoms with Gasteiger partial charge in [0.2, 0.25) is 5.91 Å². The lowest BCUT2D eigenvalue weighted by atomic mass is 10.1. The minimum atomic E-state index is -4.46. The van der Waals surface area contributed by atoms with Crippen LogP contribution in [0.1, 0.15) is 5.56 Å². The van der Waals surface area contributed by atoms with Crippen molar-refractivity contribution in [3.63, 3.8) is 0 Å². The van der Waals surface area contributed by atoms with Gasteiger partial charge in [0.1, 0.15) is 12.1 Å². The van der Waals surface area contributed by atoms with E-state index in [1.165, 1.54) is 40.2 Å². The number of hydrogen-bond acceptors (Lipinski definition) is 6. The van der Waals surface area contributed by atoms with Crippen molar-refractivity contribution in [3.05, 3.63) is 96.7 Å². The number of carbonyl (C=O) groups excluding carboxylic acids is 2. The number of halogens is 4. The van der Waals surface area contributed by atoms with E-state index in [0.29, 0.717) is 22.3 Å². The summed E-state index contributed by atoms with van der Waals surface area (Å²) in [7, 11) is 0. The molecule has 14 heteroatoms. The van der Waals surface area contributed by atoms with E-state index in [1.54, 1.807) is 30.5 Å². The molecule has 2 aromatic heterocycles. The third-order valence-corrected chi connectivity index (χ3v) is 7.17. The Labute approximate surface area is 238 Å². The van der Waals surface area contributed by atoms with E-state index in [4.69, 9.17) is 0 Å². The Morgan fingerprint density at radius 3 is 2.57 bits per heavy atom. The fourth-order valence-corrected chi connectivity index (χ4v) is 5.13. The van der Waals surface area contributed by atoms with Crippen molar-refractivity contribution in [3.8, 4) is 17.1 Å². The van der Waals surface area contributed by atoms with Gasteiger partial charge >= 0.3 is 12.2 Å². The van der Waals surface area contributed by atoms with Crippen LogP contribution in [0.2, 0.25) is 0 Å². The second-order valence-corrected chi connectivity index (χ2v) is 9.88. The molecule has 1 aliphatic rings. The number of hydrogen-bond donors (Lipinski definition) is 1. The molecule has 9 nitrogen and oxygen atoms in total. The van der Waals surface area contributed by atoms with E-state index in [1.807, 2.05) is 6.07 Å². The summed E-state index contributed by atoms with van der Waals surface area (Å²) in [5.74, 6) is -0.855. The van der Waals surface area contributed by atoms with Gasteiger partial charge in [0.25, 0.3) is 0 Å². The minimum absolute atomic E-state index is 0.0813. The molecular formula is C28H17F4N7O2S. The topological polar surface area (TPSA) is 105 Å². The number of pyridine rings is 1. The van der Waals surface area contributed by atoms with Crippen LogP contribution in [0, 0.1) is 5.82 Å². The Morgan fingerprint density at radius 1 is 1.00 bits per heavy atom. The molecule has 0 spiro atoms. The fraction of sp³-hybridized carbons (Fsp3) is 0.0714. The standard InChI is InChI=1S/C28H17F4N7O2S/c29-20-13-16(25-34-15-38(37-25)18-9-7-17(8-10-18)28(30,31)32)6-11-22(20)35-26(41)36-27-39(24(40)14-42-27)23-5-1-4-21-19(23)3-2-12-33-21/h1-13,15H,14H2,(H,35,41)/b36-27-. The summed E-state index contributed by atoms with van der Waals surface area (Å²) in [5, 5.41) is 7.45. The Bertz CT molecular complexity index is 1870. The average molecular weight is 592 g/mol. The van der Waals surface area contributed by atoms with Crippen molar-refractivity contribution >= 4 is 51.1 Å². The van der Waals surface area contributed by atoms with Gasteiger partial charge in [-0.25, -0.2) is 18.9 Å².